The van der Waals surface area contributed by atoms with Crippen LogP contribution in [0.5, 0.6) is 0 Å². The number of aliphatic imine (C=N–C) groups is 1. The van der Waals surface area contributed by atoms with Gasteiger partial charge in [0.2, 0.25) is 5.91 Å². The largest absolute Gasteiger partial charge is 0.479 e. The van der Waals surface area contributed by atoms with Crippen molar-refractivity contribution in [2.24, 2.45) is 15.2 Å². The molecule has 0 bridgehead atoms. The third kappa shape index (κ3) is 5.53. The number of carboxylic acid groups (broad SMARTS) is 1. The van der Waals surface area contributed by atoms with E-state index in [9.17, 15) is 14.7 Å². The van der Waals surface area contributed by atoms with Gasteiger partial charge < -0.3 is 10.0 Å². The van der Waals surface area contributed by atoms with Crippen molar-refractivity contribution in [1.82, 2.24) is 4.90 Å². The minimum atomic E-state index is -1.12. The zero-order valence-electron chi connectivity index (χ0n) is 22.3. The Kier molecular flexibility index (Phi) is 7.96. The second-order valence-corrected chi connectivity index (χ2v) is 10.3. The number of aliphatic carboxylic acids is 1. The molecule has 7 heteroatoms. The van der Waals surface area contributed by atoms with E-state index in [4.69, 9.17) is 0 Å². The Hall–Kier alpha value is -4.13. The predicted octanol–water partition coefficient (Wildman–Crippen LogP) is 7.11. The van der Waals surface area contributed by atoms with Gasteiger partial charge >= 0.3 is 5.97 Å². The Morgan fingerprint density at radius 2 is 1.62 bits per heavy atom. The molecule has 2 aliphatic rings. The van der Waals surface area contributed by atoms with Gasteiger partial charge in [0.25, 0.3) is 0 Å². The molecule has 0 saturated heterocycles. The third-order valence-electron chi connectivity index (χ3n) is 7.81. The Balaban J connectivity index is 1.48. The van der Waals surface area contributed by atoms with Crippen molar-refractivity contribution >= 4 is 17.7 Å². The molecule has 1 N–H and O–H groups in total. The number of unbranched alkanes of at least 4 members (excludes halogenated alkanes) is 1. The van der Waals surface area contributed by atoms with Crippen LogP contribution >= 0.6 is 0 Å². The molecule has 1 fully saturated rings. The molecule has 0 spiro atoms. The molecular weight excluding hydrogens is 488 g/mol. The first-order valence-electron chi connectivity index (χ1n) is 13.8. The second-order valence-electron chi connectivity index (χ2n) is 10.3. The molecule has 3 aromatic carbocycles. The van der Waals surface area contributed by atoms with Crippen LogP contribution in [0.25, 0.3) is 22.3 Å². The fourth-order valence-electron chi connectivity index (χ4n) is 5.63. The van der Waals surface area contributed by atoms with E-state index in [1.165, 1.54) is 0 Å². The highest BCUT2D eigenvalue weighted by molar-refractivity contribution is 6.06. The van der Waals surface area contributed by atoms with E-state index in [2.05, 4.69) is 39.5 Å². The van der Waals surface area contributed by atoms with Gasteiger partial charge in [-0.2, -0.15) is 5.11 Å². The van der Waals surface area contributed by atoms with Crippen LogP contribution in [-0.4, -0.2) is 39.9 Å². The standard InChI is InChI=1S/C32H34N4O3/c1-2-3-11-29(37)36(32(31(38)39)18-7-8-19-32)21-23-12-14-25(15-13-23)28-20-26(24-9-5-4-6-10-24)16-17-27(28)30-33-22-34-35-30/h4-6,9-10,12-17,20H,2-3,7-8,11,18-19,21-22H2,1H3,(H,38,39). The normalized spacial score (nSPS) is 15.8. The van der Waals surface area contributed by atoms with Gasteiger partial charge in [-0.3, -0.25) is 4.79 Å². The molecule has 1 aliphatic carbocycles. The van der Waals surface area contributed by atoms with E-state index in [0.717, 1.165) is 59.1 Å². The lowest BCUT2D eigenvalue weighted by Gasteiger charge is -2.38. The van der Waals surface area contributed by atoms with Gasteiger partial charge in [0.15, 0.2) is 12.5 Å². The lowest BCUT2D eigenvalue weighted by Crippen LogP contribution is -2.55. The Morgan fingerprint density at radius 1 is 0.897 bits per heavy atom. The molecule has 0 aromatic heterocycles. The van der Waals surface area contributed by atoms with Crippen molar-refractivity contribution in [3.05, 3.63) is 83.9 Å². The summed E-state index contributed by atoms with van der Waals surface area (Å²) in [6.45, 7) is 2.66. The molecule has 0 atom stereocenters. The molecule has 7 nitrogen and oxygen atoms in total. The highest BCUT2D eigenvalue weighted by Crippen LogP contribution is 2.38. The minimum absolute atomic E-state index is 0.0762. The van der Waals surface area contributed by atoms with E-state index in [0.29, 0.717) is 31.8 Å². The molecule has 5 rings (SSSR count). The number of nitrogens with zero attached hydrogens (tertiary/aromatic N) is 4. The van der Waals surface area contributed by atoms with Crippen LogP contribution < -0.4 is 0 Å². The van der Waals surface area contributed by atoms with Crippen molar-refractivity contribution in [2.45, 2.75) is 64.0 Å². The molecule has 3 aromatic rings. The van der Waals surface area contributed by atoms with Crippen molar-refractivity contribution in [3.8, 4) is 22.3 Å². The lowest BCUT2D eigenvalue weighted by atomic mass is 9.92. The summed E-state index contributed by atoms with van der Waals surface area (Å²) < 4.78 is 0. The number of carbonyl (C=O) groups excluding carboxylic acids is 1. The van der Waals surface area contributed by atoms with Crippen LogP contribution in [-0.2, 0) is 16.1 Å². The number of benzene rings is 3. The smallest absolute Gasteiger partial charge is 0.329 e. The highest BCUT2D eigenvalue weighted by atomic mass is 16.4. The highest BCUT2D eigenvalue weighted by Gasteiger charge is 2.48. The second kappa shape index (κ2) is 11.7. The Morgan fingerprint density at radius 3 is 2.26 bits per heavy atom. The first-order chi connectivity index (χ1) is 19.0. The SMILES string of the molecule is CCCCC(=O)N(Cc1ccc(-c2cc(-c3ccccc3)ccc2C2=NCN=N2)cc1)C1(C(=O)O)CCCC1. The fraction of sp³-hybridized carbons (Fsp3) is 0.344. The lowest BCUT2D eigenvalue weighted by molar-refractivity contribution is -0.160. The monoisotopic (exact) mass is 522 g/mol. The molecule has 0 radical (unpaired) electrons. The van der Waals surface area contributed by atoms with Gasteiger partial charge in [-0.05, 0) is 59.2 Å². The number of azo groups is 1. The zero-order valence-corrected chi connectivity index (χ0v) is 22.3. The van der Waals surface area contributed by atoms with Crippen molar-refractivity contribution in [1.29, 1.82) is 0 Å². The molecule has 200 valence electrons. The van der Waals surface area contributed by atoms with Crippen molar-refractivity contribution in [2.75, 3.05) is 6.67 Å². The summed E-state index contributed by atoms with van der Waals surface area (Å²) >= 11 is 0. The van der Waals surface area contributed by atoms with E-state index in [1.807, 2.05) is 55.5 Å². The van der Waals surface area contributed by atoms with Gasteiger partial charge in [0.1, 0.15) is 5.54 Å². The van der Waals surface area contributed by atoms with Gasteiger partial charge in [-0.25, -0.2) is 9.79 Å². The summed E-state index contributed by atoms with van der Waals surface area (Å²) in [6, 6.07) is 24.5. The fourth-order valence-corrected chi connectivity index (χ4v) is 5.63. The van der Waals surface area contributed by atoms with Crippen LogP contribution in [0.1, 0.15) is 63.0 Å². The maximum absolute atomic E-state index is 13.3. The number of hydrogen-bond acceptors (Lipinski definition) is 5. The van der Waals surface area contributed by atoms with E-state index in [1.54, 1.807) is 4.90 Å². The van der Waals surface area contributed by atoms with E-state index < -0.39 is 11.5 Å². The molecule has 1 aliphatic heterocycles. The number of hydrogen-bond donors (Lipinski definition) is 1. The van der Waals surface area contributed by atoms with E-state index in [-0.39, 0.29) is 12.5 Å². The molecule has 39 heavy (non-hydrogen) atoms. The van der Waals surface area contributed by atoms with Crippen molar-refractivity contribution < 1.29 is 14.7 Å². The van der Waals surface area contributed by atoms with Crippen LogP contribution in [0.2, 0.25) is 0 Å². The Labute approximate surface area is 229 Å². The van der Waals surface area contributed by atoms with E-state index >= 15 is 0 Å². The maximum atomic E-state index is 13.3. The van der Waals surface area contributed by atoms with Gasteiger partial charge in [-0.1, -0.05) is 86.8 Å². The van der Waals surface area contributed by atoms with Gasteiger partial charge in [0, 0.05) is 18.5 Å². The Bertz CT molecular complexity index is 1390. The summed E-state index contributed by atoms with van der Waals surface area (Å²) in [5.74, 6) is -0.353. The van der Waals surface area contributed by atoms with Gasteiger partial charge in [-0.15, -0.1) is 5.11 Å². The minimum Gasteiger partial charge on any atom is -0.479 e. The summed E-state index contributed by atoms with van der Waals surface area (Å²) in [4.78, 5) is 31.8. The average Bonchev–Trinajstić information content (AvgIpc) is 3.69. The quantitative estimate of drug-likeness (QED) is 0.307. The average molecular weight is 523 g/mol. The van der Waals surface area contributed by atoms with Crippen LogP contribution in [0.15, 0.2) is 88.0 Å². The number of carboxylic acids is 1. The van der Waals surface area contributed by atoms with Crippen molar-refractivity contribution in [3.63, 3.8) is 0 Å². The molecule has 0 unspecified atom stereocenters. The summed E-state index contributed by atoms with van der Waals surface area (Å²) in [6.07, 6.45) is 4.68. The number of rotatable bonds is 10. The maximum Gasteiger partial charge on any atom is 0.329 e. The van der Waals surface area contributed by atoms with Gasteiger partial charge in [0.05, 0.1) is 0 Å². The first-order valence-corrected chi connectivity index (χ1v) is 13.8. The molecule has 1 heterocycles. The summed E-state index contributed by atoms with van der Waals surface area (Å²) in [5.41, 5.74) is 4.91. The van der Waals surface area contributed by atoms with Crippen LogP contribution in [0.4, 0.5) is 0 Å². The third-order valence-corrected chi connectivity index (χ3v) is 7.81. The number of amides is 1. The predicted molar refractivity (Wildman–Crippen MR) is 152 cm³/mol. The number of amidine groups is 1. The first kappa shape index (κ1) is 26.5. The van der Waals surface area contributed by atoms with Crippen LogP contribution in [0.3, 0.4) is 0 Å². The van der Waals surface area contributed by atoms with Crippen LogP contribution in [0, 0.1) is 0 Å². The molecular formula is C32H34N4O3. The molecule has 1 amide bonds. The molecule has 1 saturated carbocycles. The number of carbonyl (C=O) groups is 2. The summed E-state index contributed by atoms with van der Waals surface area (Å²) in [7, 11) is 0. The topological polar surface area (TPSA) is 94.7 Å². The summed E-state index contributed by atoms with van der Waals surface area (Å²) in [5, 5.41) is 18.5. The zero-order chi connectivity index (χ0) is 27.2.